The summed E-state index contributed by atoms with van der Waals surface area (Å²) >= 11 is 0. The molecule has 0 spiro atoms. The van der Waals surface area contributed by atoms with Crippen LogP contribution in [0.5, 0.6) is 0 Å². The Kier molecular flexibility index (Phi) is 4.58. The minimum atomic E-state index is -0.251. The van der Waals surface area contributed by atoms with E-state index < -0.39 is 0 Å². The molecule has 0 atom stereocenters. The molecular formula is C25H22FN7O. The van der Waals surface area contributed by atoms with E-state index in [1.54, 1.807) is 35.1 Å². The Hall–Kier alpha value is -4.27. The lowest BCUT2D eigenvalue weighted by atomic mass is 9.97. The largest absolute Gasteiger partial charge is 0.339 e. The average molecular weight is 455 g/mol. The van der Waals surface area contributed by atoms with Crippen LogP contribution in [-0.4, -0.2) is 40.8 Å². The smallest absolute Gasteiger partial charge is 0.257 e. The van der Waals surface area contributed by atoms with Crippen molar-refractivity contribution in [3.05, 3.63) is 77.1 Å². The van der Waals surface area contributed by atoms with Crippen molar-refractivity contribution in [1.82, 2.24) is 34.8 Å². The minimum absolute atomic E-state index is 0.0670. The Bertz CT molecular complexity index is 1540. The predicted octanol–water partition coefficient (Wildman–Crippen LogP) is 4.21. The number of carbonyl (C=O) groups excluding carboxylic acids is 1. The van der Waals surface area contributed by atoms with E-state index in [0.29, 0.717) is 24.5 Å². The fourth-order valence-corrected chi connectivity index (χ4v) is 4.60. The van der Waals surface area contributed by atoms with Gasteiger partial charge in [0.15, 0.2) is 5.82 Å². The molecule has 8 nitrogen and oxygen atoms in total. The summed E-state index contributed by atoms with van der Waals surface area (Å²) in [6, 6.07) is 10.9. The predicted molar refractivity (Wildman–Crippen MR) is 125 cm³/mol. The SMILES string of the molecule is CCc1ccc(F)cc1-c1ccc2c(-c3nc4c([nH]3)CN(C(=O)c3cnn(C)c3)C4)n[nH]c2c1. The molecule has 1 amide bonds. The van der Waals surface area contributed by atoms with Gasteiger partial charge in [-0.05, 0) is 47.4 Å². The van der Waals surface area contributed by atoms with Crippen molar-refractivity contribution >= 4 is 16.8 Å². The van der Waals surface area contributed by atoms with E-state index in [1.165, 1.54) is 6.07 Å². The van der Waals surface area contributed by atoms with Gasteiger partial charge in [0.1, 0.15) is 11.5 Å². The van der Waals surface area contributed by atoms with Crippen molar-refractivity contribution < 1.29 is 9.18 Å². The molecule has 3 aromatic heterocycles. The maximum absolute atomic E-state index is 13.9. The van der Waals surface area contributed by atoms with Gasteiger partial charge in [0, 0.05) is 18.6 Å². The molecule has 0 fully saturated rings. The number of rotatable bonds is 4. The van der Waals surface area contributed by atoms with Crippen LogP contribution in [0.4, 0.5) is 4.39 Å². The second-order valence-corrected chi connectivity index (χ2v) is 8.56. The lowest BCUT2D eigenvalue weighted by Crippen LogP contribution is -2.25. The van der Waals surface area contributed by atoms with Crippen molar-refractivity contribution in [1.29, 1.82) is 0 Å². The molecule has 0 saturated heterocycles. The number of benzene rings is 2. The molecule has 6 rings (SSSR count). The van der Waals surface area contributed by atoms with Gasteiger partial charge in [-0.2, -0.15) is 10.2 Å². The summed E-state index contributed by atoms with van der Waals surface area (Å²) in [5, 5.41) is 12.6. The van der Waals surface area contributed by atoms with Gasteiger partial charge in [-0.1, -0.05) is 19.1 Å². The molecule has 1 aliphatic rings. The van der Waals surface area contributed by atoms with E-state index in [1.807, 2.05) is 24.3 Å². The minimum Gasteiger partial charge on any atom is -0.339 e. The molecule has 34 heavy (non-hydrogen) atoms. The van der Waals surface area contributed by atoms with Crippen LogP contribution < -0.4 is 0 Å². The molecule has 0 bridgehead atoms. The molecule has 170 valence electrons. The second kappa shape index (κ2) is 7.65. The standard InChI is InChI=1S/C25H22FN7O/c1-3-14-4-6-17(26)9-19(14)15-5-7-18-20(8-15)30-31-23(18)24-28-21-12-33(13-22(21)29-24)25(34)16-10-27-32(2)11-16/h4-11H,3,12-13H2,1-2H3,(H,28,29)(H,30,31). The van der Waals surface area contributed by atoms with Crippen molar-refractivity contribution in [2.24, 2.45) is 7.05 Å². The Balaban J connectivity index is 1.28. The average Bonchev–Trinajstić information content (AvgIpc) is 3.60. The molecule has 2 aromatic carbocycles. The van der Waals surface area contributed by atoms with Crippen LogP contribution in [0.1, 0.15) is 34.2 Å². The van der Waals surface area contributed by atoms with E-state index in [9.17, 15) is 9.18 Å². The quantitative estimate of drug-likeness (QED) is 0.424. The highest BCUT2D eigenvalue weighted by atomic mass is 19.1. The topological polar surface area (TPSA) is 95.5 Å². The number of hydrogen-bond acceptors (Lipinski definition) is 4. The number of nitrogens with one attached hydrogen (secondary N) is 2. The fourth-order valence-electron chi connectivity index (χ4n) is 4.60. The zero-order valence-electron chi connectivity index (χ0n) is 18.8. The van der Waals surface area contributed by atoms with Crippen LogP contribution in [0.25, 0.3) is 33.5 Å². The number of imidazole rings is 1. The van der Waals surface area contributed by atoms with E-state index in [4.69, 9.17) is 4.98 Å². The Labute approximate surface area is 194 Å². The van der Waals surface area contributed by atoms with E-state index in [2.05, 4.69) is 27.2 Å². The second-order valence-electron chi connectivity index (χ2n) is 8.56. The van der Waals surface area contributed by atoms with Gasteiger partial charge in [0.25, 0.3) is 5.91 Å². The van der Waals surface area contributed by atoms with Gasteiger partial charge in [-0.15, -0.1) is 0 Å². The van der Waals surface area contributed by atoms with Crippen molar-refractivity contribution in [3.8, 4) is 22.6 Å². The lowest BCUT2D eigenvalue weighted by molar-refractivity contribution is 0.0748. The lowest BCUT2D eigenvalue weighted by Gasteiger charge is -2.13. The van der Waals surface area contributed by atoms with Crippen LogP contribution in [0, 0.1) is 5.82 Å². The first kappa shape index (κ1) is 20.3. The highest BCUT2D eigenvalue weighted by molar-refractivity contribution is 5.95. The summed E-state index contributed by atoms with van der Waals surface area (Å²) in [6.45, 7) is 2.96. The number of aryl methyl sites for hydroxylation is 2. The summed E-state index contributed by atoms with van der Waals surface area (Å²) in [4.78, 5) is 22.5. The van der Waals surface area contributed by atoms with Gasteiger partial charge >= 0.3 is 0 Å². The van der Waals surface area contributed by atoms with Crippen LogP contribution >= 0.6 is 0 Å². The number of H-pyrrole nitrogens is 2. The van der Waals surface area contributed by atoms with Gasteiger partial charge in [-0.25, -0.2) is 9.37 Å². The number of nitrogens with zero attached hydrogens (tertiary/aromatic N) is 5. The summed E-state index contributed by atoms with van der Waals surface area (Å²) in [7, 11) is 1.79. The Morgan fingerprint density at radius 3 is 2.82 bits per heavy atom. The first-order valence-corrected chi connectivity index (χ1v) is 11.1. The molecule has 4 heterocycles. The highest BCUT2D eigenvalue weighted by Crippen LogP contribution is 2.32. The molecular weight excluding hydrogens is 433 g/mol. The molecule has 5 aromatic rings. The number of hydrogen-bond donors (Lipinski definition) is 2. The van der Waals surface area contributed by atoms with Gasteiger partial charge in [0.2, 0.25) is 0 Å². The number of carbonyl (C=O) groups is 1. The van der Waals surface area contributed by atoms with Crippen LogP contribution in [0.15, 0.2) is 48.8 Å². The molecule has 0 saturated carbocycles. The van der Waals surface area contributed by atoms with Crippen molar-refractivity contribution in [2.75, 3.05) is 0 Å². The first-order valence-electron chi connectivity index (χ1n) is 11.1. The molecule has 0 radical (unpaired) electrons. The van der Waals surface area contributed by atoms with E-state index in [0.717, 1.165) is 51.1 Å². The third kappa shape index (κ3) is 3.28. The normalized spacial score (nSPS) is 13.1. The number of amides is 1. The Morgan fingerprint density at radius 2 is 2.06 bits per heavy atom. The fraction of sp³-hybridized carbons (Fsp3) is 0.200. The molecule has 0 aliphatic carbocycles. The maximum Gasteiger partial charge on any atom is 0.257 e. The molecule has 2 N–H and O–H groups in total. The van der Waals surface area contributed by atoms with Crippen LogP contribution in [0.3, 0.4) is 0 Å². The number of aromatic nitrogens is 6. The van der Waals surface area contributed by atoms with Crippen LogP contribution in [0.2, 0.25) is 0 Å². The zero-order valence-corrected chi connectivity index (χ0v) is 18.8. The van der Waals surface area contributed by atoms with E-state index in [-0.39, 0.29) is 11.7 Å². The Morgan fingerprint density at radius 1 is 1.18 bits per heavy atom. The number of fused-ring (bicyclic) bond motifs is 2. The number of aromatic amines is 2. The molecule has 1 aliphatic heterocycles. The summed E-state index contributed by atoms with van der Waals surface area (Å²) < 4.78 is 15.5. The highest BCUT2D eigenvalue weighted by Gasteiger charge is 2.29. The third-order valence-corrected chi connectivity index (χ3v) is 6.34. The van der Waals surface area contributed by atoms with Gasteiger partial charge < -0.3 is 9.88 Å². The third-order valence-electron chi connectivity index (χ3n) is 6.34. The maximum atomic E-state index is 13.9. The van der Waals surface area contributed by atoms with Crippen molar-refractivity contribution in [3.63, 3.8) is 0 Å². The van der Waals surface area contributed by atoms with E-state index >= 15 is 0 Å². The summed E-state index contributed by atoms with van der Waals surface area (Å²) in [5.74, 6) is 0.346. The molecule has 0 unspecified atom stereocenters. The zero-order chi connectivity index (χ0) is 23.4. The monoisotopic (exact) mass is 455 g/mol. The van der Waals surface area contributed by atoms with Gasteiger partial charge in [0.05, 0.1) is 41.8 Å². The first-order chi connectivity index (χ1) is 16.5. The number of halogens is 1. The van der Waals surface area contributed by atoms with Crippen molar-refractivity contribution in [2.45, 2.75) is 26.4 Å². The van der Waals surface area contributed by atoms with Crippen LogP contribution in [-0.2, 0) is 26.6 Å². The summed E-state index contributed by atoms with van der Waals surface area (Å²) in [6.07, 6.45) is 4.11. The van der Waals surface area contributed by atoms with Gasteiger partial charge in [-0.3, -0.25) is 14.6 Å². The molecule has 9 heteroatoms. The summed E-state index contributed by atoms with van der Waals surface area (Å²) in [5.41, 5.74) is 6.79.